The van der Waals surface area contributed by atoms with Gasteiger partial charge >= 0.3 is 0 Å². The van der Waals surface area contributed by atoms with E-state index < -0.39 is 6.10 Å². The van der Waals surface area contributed by atoms with E-state index in [4.69, 9.17) is 9.47 Å². The zero-order valence-electron chi connectivity index (χ0n) is 9.77. The van der Waals surface area contributed by atoms with Crippen LogP contribution >= 0.6 is 0 Å². The summed E-state index contributed by atoms with van der Waals surface area (Å²) in [6.45, 7) is 2.60. The lowest BCUT2D eigenvalue weighted by Gasteiger charge is -2.30. The van der Waals surface area contributed by atoms with Crippen LogP contribution in [0, 0.1) is 0 Å². The van der Waals surface area contributed by atoms with Crippen LogP contribution in [0.25, 0.3) is 0 Å². The largest absolute Gasteiger partial charge is 0.497 e. The highest BCUT2D eigenvalue weighted by Gasteiger charge is 2.28. The van der Waals surface area contributed by atoms with Gasteiger partial charge in [-0.15, -0.1) is 0 Å². The van der Waals surface area contributed by atoms with Crippen LogP contribution in [0.5, 0.6) is 5.75 Å². The predicted molar refractivity (Wildman–Crippen MR) is 61.7 cm³/mol. The van der Waals surface area contributed by atoms with Gasteiger partial charge in [-0.05, 0) is 43.0 Å². The van der Waals surface area contributed by atoms with Gasteiger partial charge in [0.15, 0.2) is 0 Å². The molecule has 1 aliphatic carbocycles. The number of aryl methyl sites for hydroxylation is 1. The molecule has 1 aromatic carbocycles. The molecule has 1 N–H and O–H groups in total. The number of aliphatic hydroxyl groups excluding tert-OH is 1. The number of hydrogen-bond acceptors (Lipinski definition) is 3. The summed E-state index contributed by atoms with van der Waals surface area (Å²) in [4.78, 5) is 0. The van der Waals surface area contributed by atoms with E-state index in [0.29, 0.717) is 6.61 Å². The lowest BCUT2D eigenvalue weighted by Crippen LogP contribution is -2.28. The van der Waals surface area contributed by atoms with Crippen molar-refractivity contribution in [1.82, 2.24) is 0 Å². The van der Waals surface area contributed by atoms with Gasteiger partial charge < -0.3 is 14.6 Å². The topological polar surface area (TPSA) is 38.7 Å². The molecule has 3 nitrogen and oxygen atoms in total. The Balaban J connectivity index is 2.24. The Morgan fingerprint density at radius 1 is 1.44 bits per heavy atom. The highest BCUT2D eigenvalue weighted by Crippen LogP contribution is 2.33. The maximum Gasteiger partial charge on any atom is 0.119 e. The maximum absolute atomic E-state index is 10.2. The Hall–Kier alpha value is -1.06. The second-order valence-electron chi connectivity index (χ2n) is 4.04. The smallest absolute Gasteiger partial charge is 0.119 e. The number of hydrogen-bond donors (Lipinski definition) is 1. The van der Waals surface area contributed by atoms with Gasteiger partial charge in [-0.1, -0.05) is 6.07 Å². The van der Waals surface area contributed by atoms with Crippen molar-refractivity contribution in [3.05, 3.63) is 29.3 Å². The Bertz CT molecular complexity index is 362. The SMILES string of the molecule is CCOC1CCc2cc(OC)ccc2C1O. The number of ether oxygens (including phenoxy) is 2. The van der Waals surface area contributed by atoms with Gasteiger partial charge in [-0.3, -0.25) is 0 Å². The molecular weight excluding hydrogens is 204 g/mol. The van der Waals surface area contributed by atoms with Gasteiger partial charge in [0.25, 0.3) is 0 Å². The molecule has 0 fully saturated rings. The van der Waals surface area contributed by atoms with Crippen molar-refractivity contribution >= 4 is 0 Å². The van der Waals surface area contributed by atoms with Crippen LogP contribution < -0.4 is 4.74 Å². The molecule has 16 heavy (non-hydrogen) atoms. The second-order valence-corrected chi connectivity index (χ2v) is 4.04. The van der Waals surface area contributed by atoms with Crippen molar-refractivity contribution in [2.75, 3.05) is 13.7 Å². The Kier molecular flexibility index (Phi) is 3.46. The molecule has 0 aromatic heterocycles. The molecule has 0 amide bonds. The van der Waals surface area contributed by atoms with E-state index in [0.717, 1.165) is 24.2 Å². The molecule has 0 aliphatic heterocycles. The first-order valence-corrected chi connectivity index (χ1v) is 5.72. The van der Waals surface area contributed by atoms with Crippen molar-refractivity contribution in [2.24, 2.45) is 0 Å². The maximum atomic E-state index is 10.2. The molecule has 3 heteroatoms. The first-order chi connectivity index (χ1) is 7.76. The number of methoxy groups -OCH3 is 1. The van der Waals surface area contributed by atoms with Crippen molar-refractivity contribution in [3.8, 4) is 5.75 Å². The molecule has 0 saturated heterocycles. The average molecular weight is 222 g/mol. The van der Waals surface area contributed by atoms with E-state index in [-0.39, 0.29) is 6.10 Å². The van der Waals surface area contributed by atoms with Crippen LogP contribution in [0.15, 0.2) is 18.2 Å². The highest BCUT2D eigenvalue weighted by molar-refractivity contribution is 5.39. The molecular formula is C13H18O3. The minimum Gasteiger partial charge on any atom is -0.497 e. The summed E-state index contributed by atoms with van der Waals surface area (Å²) in [5.74, 6) is 0.848. The summed E-state index contributed by atoms with van der Waals surface area (Å²) in [5, 5.41) is 10.2. The Morgan fingerprint density at radius 3 is 2.94 bits per heavy atom. The van der Waals surface area contributed by atoms with Gasteiger partial charge in [0, 0.05) is 6.61 Å². The Labute approximate surface area is 96.0 Å². The lowest BCUT2D eigenvalue weighted by atomic mass is 9.87. The summed E-state index contributed by atoms with van der Waals surface area (Å²) in [6.07, 6.45) is 1.24. The third-order valence-electron chi connectivity index (χ3n) is 3.10. The summed E-state index contributed by atoms with van der Waals surface area (Å²) in [7, 11) is 1.66. The summed E-state index contributed by atoms with van der Waals surface area (Å²) < 4.78 is 10.7. The van der Waals surface area contributed by atoms with E-state index in [1.54, 1.807) is 7.11 Å². The molecule has 0 bridgehead atoms. The highest BCUT2D eigenvalue weighted by atomic mass is 16.5. The van der Waals surface area contributed by atoms with E-state index >= 15 is 0 Å². The van der Waals surface area contributed by atoms with E-state index in [1.807, 2.05) is 25.1 Å². The summed E-state index contributed by atoms with van der Waals surface area (Å²) in [5.41, 5.74) is 2.15. The van der Waals surface area contributed by atoms with Gasteiger partial charge in [-0.25, -0.2) is 0 Å². The third kappa shape index (κ3) is 2.06. The van der Waals surface area contributed by atoms with Gasteiger partial charge in [0.1, 0.15) is 11.9 Å². The lowest BCUT2D eigenvalue weighted by molar-refractivity contribution is -0.0436. The first kappa shape index (κ1) is 11.4. The molecule has 2 atom stereocenters. The fraction of sp³-hybridized carbons (Fsp3) is 0.538. The van der Waals surface area contributed by atoms with Crippen LogP contribution in [0.2, 0.25) is 0 Å². The van der Waals surface area contributed by atoms with Crippen LogP contribution in [0.1, 0.15) is 30.6 Å². The minimum atomic E-state index is -0.505. The van der Waals surface area contributed by atoms with E-state index in [9.17, 15) is 5.11 Å². The Morgan fingerprint density at radius 2 is 2.25 bits per heavy atom. The molecule has 0 radical (unpaired) electrons. The molecule has 1 aromatic rings. The van der Waals surface area contributed by atoms with E-state index in [1.165, 1.54) is 5.56 Å². The number of benzene rings is 1. The fourth-order valence-corrected chi connectivity index (χ4v) is 2.26. The summed E-state index contributed by atoms with van der Waals surface area (Å²) in [6, 6.07) is 5.82. The van der Waals surface area contributed by atoms with Gasteiger partial charge in [0.2, 0.25) is 0 Å². The minimum absolute atomic E-state index is 0.0640. The van der Waals surface area contributed by atoms with Crippen LogP contribution in [0.3, 0.4) is 0 Å². The molecule has 0 heterocycles. The average Bonchev–Trinajstić information content (AvgIpc) is 2.32. The zero-order chi connectivity index (χ0) is 11.5. The van der Waals surface area contributed by atoms with Crippen LogP contribution in [-0.2, 0) is 11.2 Å². The molecule has 0 spiro atoms. The molecule has 88 valence electrons. The third-order valence-corrected chi connectivity index (χ3v) is 3.10. The predicted octanol–water partition coefficient (Wildman–Crippen LogP) is 2.08. The van der Waals surface area contributed by atoms with Crippen LogP contribution in [-0.4, -0.2) is 24.9 Å². The number of aliphatic hydroxyl groups is 1. The fourth-order valence-electron chi connectivity index (χ4n) is 2.26. The normalized spacial score (nSPS) is 23.9. The quantitative estimate of drug-likeness (QED) is 0.851. The van der Waals surface area contributed by atoms with Gasteiger partial charge in [-0.2, -0.15) is 0 Å². The summed E-state index contributed by atoms with van der Waals surface area (Å²) >= 11 is 0. The van der Waals surface area contributed by atoms with Crippen LogP contribution in [0.4, 0.5) is 0 Å². The second kappa shape index (κ2) is 4.85. The van der Waals surface area contributed by atoms with Gasteiger partial charge in [0.05, 0.1) is 13.2 Å². The van der Waals surface area contributed by atoms with E-state index in [2.05, 4.69) is 0 Å². The van der Waals surface area contributed by atoms with Crippen molar-refractivity contribution in [1.29, 1.82) is 0 Å². The van der Waals surface area contributed by atoms with Crippen molar-refractivity contribution in [2.45, 2.75) is 32.0 Å². The monoisotopic (exact) mass is 222 g/mol. The number of fused-ring (bicyclic) bond motifs is 1. The number of rotatable bonds is 3. The molecule has 0 saturated carbocycles. The van der Waals surface area contributed by atoms with Crippen molar-refractivity contribution in [3.63, 3.8) is 0 Å². The van der Waals surface area contributed by atoms with Crippen molar-refractivity contribution < 1.29 is 14.6 Å². The molecule has 1 aliphatic rings. The standard InChI is InChI=1S/C13H18O3/c1-3-16-12-7-4-9-8-10(15-2)5-6-11(9)13(12)14/h5-6,8,12-14H,3-4,7H2,1-2H3. The first-order valence-electron chi connectivity index (χ1n) is 5.72. The molecule has 2 unspecified atom stereocenters. The molecule has 2 rings (SSSR count). The zero-order valence-corrected chi connectivity index (χ0v) is 9.77.